The average Bonchev–Trinajstić information content (AvgIpc) is 2.74. The van der Waals surface area contributed by atoms with E-state index >= 15 is 0 Å². The molecule has 2 aromatic carbocycles. The molecule has 1 fully saturated rings. The largest absolute Gasteiger partial charge is 0.496 e. The molecule has 0 bridgehead atoms. The Morgan fingerprint density at radius 3 is 2.43 bits per heavy atom. The molecular weight excluding hydrogens is 383 g/mol. The van der Waals surface area contributed by atoms with Gasteiger partial charge in [0, 0.05) is 56.7 Å². The fraction of sp³-hybridized carbons (Fsp3) is 0.417. The molecule has 0 saturated carbocycles. The van der Waals surface area contributed by atoms with Crippen LogP contribution in [0.5, 0.6) is 5.75 Å². The van der Waals surface area contributed by atoms with Gasteiger partial charge in [-0.25, -0.2) is 4.39 Å². The summed E-state index contributed by atoms with van der Waals surface area (Å²) in [6, 6.07) is 10.3. The first-order chi connectivity index (χ1) is 14.4. The van der Waals surface area contributed by atoms with Crippen molar-refractivity contribution in [3.05, 3.63) is 64.5 Å². The van der Waals surface area contributed by atoms with Gasteiger partial charge in [0.05, 0.1) is 7.11 Å². The van der Waals surface area contributed by atoms with Gasteiger partial charge in [-0.2, -0.15) is 0 Å². The normalized spacial score (nSPS) is 14.6. The van der Waals surface area contributed by atoms with Crippen molar-refractivity contribution < 1.29 is 18.7 Å². The molecule has 0 N–H and O–H groups in total. The zero-order chi connectivity index (χ0) is 21.7. The van der Waals surface area contributed by atoms with Gasteiger partial charge in [-0.1, -0.05) is 17.7 Å². The summed E-state index contributed by atoms with van der Waals surface area (Å²) in [5.74, 6) is 0.408. The van der Waals surface area contributed by atoms with E-state index in [1.165, 1.54) is 12.1 Å². The smallest absolute Gasteiger partial charge is 0.223 e. The SMILES string of the molecule is COc1ccc(F)cc1CN1CCN(C(=O)CCC(=O)c2cc(C)ccc2C)CC1. The number of methoxy groups -OCH3 is 1. The van der Waals surface area contributed by atoms with Crippen molar-refractivity contribution in [3.63, 3.8) is 0 Å². The van der Waals surface area contributed by atoms with Crippen LogP contribution in [0.25, 0.3) is 0 Å². The zero-order valence-corrected chi connectivity index (χ0v) is 17.9. The van der Waals surface area contributed by atoms with E-state index < -0.39 is 0 Å². The average molecular weight is 413 g/mol. The quantitative estimate of drug-likeness (QED) is 0.650. The molecule has 0 atom stereocenters. The Morgan fingerprint density at radius 2 is 1.73 bits per heavy atom. The van der Waals surface area contributed by atoms with E-state index in [0.29, 0.717) is 44.0 Å². The van der Waals surface area contributed by atoms with E-state index in [1.54, 1.807) is 13.2 Å². The fourth-order valence-electron chi connectivity index (χ4n) is 3.82. The monoisotopic (exact) mass is 412 g/mol. The summed E-state index contributed by atoms with van der Waals surface area (Å²) in [6.07, 6.45) is 0.452. The van der Waals surface area contributed by atoms with Crippen LogP contribution in [0.2, 0.25) is 0 Å². The number of carbonyl (C=O) groups is 2. The Bertz CT molecular complexity index is 921. The van der Waals surface area contributed by atoms with E-state index in [4.69, 9.17) is 4.74 Å². The van der Waals surface area contributed by atoms with Crippen LogP contribution in [-0.4, -0.2) is 54.8 Å². The minimum absolute atomic E-state index is 0.0108. The third kappa shape index (κ3) is 5.45. The predicted octanol–water partition coefficient (Wildman–Crippen LogP) is 3.76. The Balaban J connectivity index is 1.49. The zero-order valence-electron chi connectivity index (χ0n) is 17.9. The molecule has 5 nitrogen and oxygen atoms in total. The number of rotatable bonds is 7. The van der Waals surface area contributed by atoms with Crippen LogP contribution in [-0.2, 0) is 11.3 Å². The van der Waals surface area contributed by atoms with Gasteiger partial charge in [-0.05, 0) is 43.7 Å². The topological polar surface area (TPSA) is 49.9 Å². The van der Waals surface area contributed by atoms with Gasteiger partial charge in [0.2, 0.25) is 5.91 Å². The third-order valence-corrected chi connectivity index (χ3v) is 5.62. The van der Waals surface area contributed by atoms with Gasteiger partial charge in [0.15, 0.2) is 5.78 Å². The van der Waals surface area contributed by atoms with Gasteiger partial charge in [-0.3, -0.25) is 14.5 Å². The highest BCUT2D eigenvalue weighted by molar-refractivity contribution is 5.99. The fourth-order valence-corrected chi connectivity index (χ4v) is 3.82. The molecule has 1 aliphatic rings. The van der Waals surface area contributed by atoms with Gasteiger partial charge in [0.1, 0.15) is 11.6 Å². The number of ketones is 1. The summed E-state index contributed by atoms with van der Waals surface area (Å²) >= 11 is 0. The summed E-state index contributed by atoms with van der Waals surface area (Å²) in [7, 11) is 1.58. The number of carbonyl (C=O) groups excluding carboxylic acids is 2. The molecule has 0 unspecified atom stereocenters. The van der Waals surface area contributed by atoms with E-state index in [0.717, 1.165) is 16.7 Å². The van der Waals surface area contributed by atoms with Crippen LogP contribution in [0.15, 0.2) is 36.4 Å². The van der Waals surface area contributed by atoms with Crippen LogP contribution in [0.4, 0.5) is 4.39 Å². The molecule has 6 heteroatoms. The molecule has 0 aromatic heterocycles. The standard InChI is InChI=1S/C24H29FN2O3/c1-17-4-5-18(2)21(14-17)22(28)7-9-24(29)27-12-10-26(11-13-27)16-19-15-20(25)6-8-23(19)30-3/h4-6,8,14-15H,7,9-13,16H2,1-3H3. The number of aryl methyl sites for hydroxylation is 2. The minimum Gasteiger partial charge on any atom is -0.496 e. The maximum absolute atomic E-state index is 13.6. The number of piperazine rings is 1. The summed E-state index contributed by atoms with van der Waals surface area (Å²) in [5.41, 5.74) is 3.49. The number of Topliss-reactive ketones (excluding diaryl/α,β-unsaturated/α-hetero) is 1. The number of hydrogen-bond acceptors (Lipinski definition) is 4. The van der Waals surface area contributed by atoms with E-state index in [9.17, 15) is 14.0 Å². The van der Waals surface area contributed by atoms with Gasteiger partial charge >= 0.3 is 0 Å². The summed E-state index contributed by atoms with van der Waals surface area (Å²) in [5, 5.41) is 0. The minimum atomic E-state index is -0.284. The van der Waals surface area contributed by atoms with E-state index in [2.05, 4.69) is 4.90 Å². The molecular formula is C24H29FN2O3. The van der Waals surface area contributed by atoms with Crippen LogP contribution < -0.4 is 4.74 Å². The molecule has 160 valence electrons. The van der Waals surface area contributed by atoms with Crippen molar-refractivity contribution in [1.82, 2.24) is 9.80 Å². The first-order valence-corrected chi connectivity index (χ1v) is 10.3. The van der Waals surface area contributed by atoms with Gasteiger partial charge < -0.3 is 9.64 Å². The second kappa shape index (κ2) is 9.85. The van der Waals surface area contributed by atoms with Gasteiger partial charge in [0.25, 0.3) is 0 Å². The lowest BCUT2D eigenvalue weighted by Gasteiger charge is -2.35. The number of amides is 1. The molecule has 1 heterocycles. The summed E-state index contributed by atoms with van der Waals surface area (Å²) < 4.78 is 18.9. The predicted molar refractivity (Wildman–Crippen MR) is 114 cm³/mol. The maximum atomic E-state index is 13.6. The van der Waals surface area contributed by atoms with Crippen molar-refractivity contribution in [3.8, 4) is 5.75 Å². The second-order valence-corrected chi connectivity index (χ2v) is 7.85. The highest BCUT2D eigenvalue weighted by Gasteiger charge is 2.23. The highest BCUT2D eigenvalue weighted by Crippen LogP contribution is 2.22. The van der Waals surface area contributed by atoms with Crippen LogP contribution in [0.1, 0.15) is 39.9 Å². The van der Waals surface area contributed by atoms with Crippen molar-refractivity contribution in [2.24, 2.45) is 0 Å². The number of ether oxygens (including phenoxy) is 1. The number of hydrogen-bond donors (Lipinski definition) is 0. The second-order valence-electron chi connectivity index (χ2n) is 7.85. The number of nitrogens with zero attached hydrogens (tertiary/aromatic N) is 2. The molecule has 30 heavy (non-hydrogen) atoms. The van der Waals surface area contributed by atoms with Gasteiger partial charge in [-0.15, -0.1) is 0 Å². The Hall–Kier alpha value is -2.73. The highest BCUT2D eigenvalue weighted by atomic mass is 19.1. The Labute approximate surface area is 177 Å². The van der Waals surface area contributed by atoms with Crippen LogP contribution in [0.3, 0.4) is 0 Å². The Morgan fingerprint density at radius 1 is 1.00 bits per heavy atom. The van der Waals surface area contributed by atoms with Crippen molar-refractivity contribution >= 4 is 11.7 Å². The number of benzene rings is 2. The first kappa shape index (κ1) is 22.0. The van der Waals surface area contributed by atoms with Crippen molar-refractivity contribution in [2.45, 2.75) is 33.2 Å². The van der Waals surface area contributed by atoms with Crippen molar-refractivity contribution in [2.75, 3.05) is 33.3 Å². The molecule has 1 saturated heterocycles. The summed E-state index contributed by atoms with van der Waals surface area (Å²) in [6.45, 7) is 7.07. The molecule has 2 aromatic rings. The molecule has 3 rings (SSSR count). The van der Waals surface area contributed by atoms with E-state index in [-0.39, 0.29) is 30.3 Å². The lowest BCUT2D eigenvalue weighted by molar-refractivity contribution is -0.133. The summed E-state index contributed by atoms with van der Waals surface area (Å²) in [4.78, 5) is 29.1. The number of halogens is 1. The molecule has 1 aliphatic heterocycles. The van der Waals surface area contributed by atoms with Crippen LogP contribution >= 0.6 is 0 Å². The maximum Gasteiger partial charge on any atom is 0.223 e. The lowest BCUT2D eigenvalue weighted by Crippen LogP contribution is -2.48. The lowest BCUT2D eigenvalue weighted by atomic mass is 9.99. The van der Waals surface area contributed by atoms with E-state index in [1.807, 2.05) is 36.9 Å². The molecule has 0 aliphatic carbocycles. The van der Waals surface area contributed by atoms with Crippen molar-refractivity contribution in [1.29, 1.82) is 0 Å². The van der Waals surface area contributed by atoms with Crippen LogP contribution in [0, 0.1) is 19.7 Å². The molecule has 0 spiro atoms. The molecule has 0 radical (unpaired) electrons. The first-order valence-electron chi connectivity index (χ1n) is 10.3. The third-order valence-electron chi connectivity index (χ3n) is 5.62. The molecule has 1 amide bonds. The Kier molecular flexibility index (Phi) is 7.21.